The van der Waals surface area contributed by atoms with Crippen LogP contribution in [0.3, 0.4) is 0 Å². The molecule has 0 radical (unpaired) electrons. The van der Waals surface area contributed by atoms with Crippen LogP contribution in [0.2, 0.25) is 0 Å². The van der Waals surface area contributed by atoms with E-state index in [0.29, 0.717) is 11.3 Å². The Morgan fingerprint density at radius 1 is 1.32 bits per heavy atom. The Kier molecular flexibility index (Phi) is 3.71. The highest BCUT2D eigenvalue weighted by Gasteiger charge is 2.48. The number of rotatable bonds is 3. The molecule has 2 rings (SSSR count). The van der Waals surface area contributed by atoms with Gasteiger partial charge in [0.05, 0.1) is 4.90 Å². The second-order valence-corrected chi connectivity index (χ2v) is 8.18. The lowest BCUT2D eigenvalue weighted by atomic mass is 9.67. The van der Waals surface area contributed by atoms with Gasteiger partial charge in [-0.05, 0) is 37.3 Å². The van der Waals surface area contributed by atoms with Gasteiger partial charge in [0.15, 0.2) is 0 Å². The molecule has 0 spiro atoms. The zero-order valence-electron chi connectivity index (χ0n) is 11.7. The van der Waals surface area contributed by atoms with E-state index < -0.39 is 10.0 Å². The highest BCUT2D eigenvalue weighted by molar-refractivity contribution is 7.89. The fourth-order valence-corrected chi connectivity index (χ4v) is 4.39. The molecule has 0 aliphatic heterocycles. The first-order valence-electron chi connectivity index (χ1n) is 6.38. The third-order valence-electron chi connectivity index (χ3n) is 4.07. The molecule has 19 heavy (non-hydrogen) atoms. The van der Waals surface area contributed by atoms with Crippen LogP contribution in [-0.2, 0) is 10.0 Å². The smallest absolute Gasteiger partial charge is 0.207 e. The fraction of sp³-hybridized carbons (Fsp3) is 0.571. The molecule has 0 aromatic heterocycles. The van der Waals surface area contributed by atoms with Crippen molar-refractivity contribution < 1.29 is 8.42 Å². The Hall–Kier alpha value is -0.580. The molecule has 1 aliphatic carbocycles. The summed E-state index contributed by atoms with van der Waals surface area (Å²) in [5, 5.41) is 0.0271. The molecule has 5 heteroatoms. The van der Waals surface area contributed by atoms with Crippen LogP contribution < -0.4 is 4.72 Å². The largest absolute Gasteiger partial charge is 0.241 e. The second-order valence-electron chi connectivity index (χ2n) is 5.97. The topological polar surface area (TPSA) is 46.2 Å². The van der Waals surface area contributed by atoms with Crippen molar-refractivity contribution >= 4 is 21.6 Å². The van der Waals surface area contributed by atoms with Crippen LogP contribution in [0, 0.1) is 19.3 Å². The maximum Gasteiger partial charge on any atom is 0.241 e. The summed E-state index contributed by atoms with van der Waals surface area (Å²) in [5.74, 6) is 0. The van der Waals surface area contributed by atoms with Crippen LogP contribution in [0.15, 0.2) is 23.1 Å². The number of hydrogen-bond acceptors (Lipinski definition) is 2. The first kappa shape index (κ1) is 14.8. The third-order valence-corrected chi connectivity index (χ3v) is 6.44. The predicted molar refractivity (Wildman–Crippen MR) is 78.1 cm³/mol. The van der Waals surface area contributed by atoms with Crippen LogP contribution in [0.5, 0.6) is 0 Å². The van der Waals surface area contributed by atoms with E-state index in [2.05, 4.69) is 4.72 Å². The molecule has 1 aromatic rings. The second kappa shape index (κ2) is 4.76. The van der Waals surface area contributed by atoms with E-state index >= 15 is 0 Å². The summed E-state index contributed by atoms with van der Waals surface area (Å²) in [7, 11) is -3.47. The third kappa shape index (κ3) is 2.67. The summed E-state index contributed by atoms with van der Waals surface area (Å²) in [5.41, 5.74) is 1.63. The molecule has 1 saturated carbocycles. The van der Waals surface area contributed by atoms with E-state index in [1.54, 1.807) is 6.07 Å². The standard InChI is InChI=1S/C14H20ClNO2S/c1-9-5-6-11(10(2)7-9)19(17,18)16-13-8-12(15)14(13,3)4/h5-7,12-13,16H,8H2,1-4H3. The van der Waals surface area contributed by atoms with Gasteiger partial charge in [-0.2, -0.15) is 0 Å². The maximum atomic E-state index is 12.4. The van der Waals surface area contributed by atoms with Gasteiger partial charge in [0.2, 0.25) is 10.0 Å². The first-order valence-corrected chi connectivity index (χ1v) is 8.30. The van der Waals surface area contributed by atoms with Crippen molar-refractivity contribution in [1.29, 1.82) is 0 Å². The van der Waals surface area contributed by atoms with E-state index in [1.807, 2.05) is 39.8 Å². The summed E-state index contributed by atoms with van der Waals surface area (Å²) in [6, 6.07) is 5.26. The van der Waals surface area contributed by atoms with Crippen molar-refractivity contribution in [3.63, 3.8) is 0 Å². The first-order chi connectivity index (χ1) is 8.64. The summed E-state index contributed by atoms with van der Waals surface area (Å²) in [4.78, 5) is 0.354. The molecule has 0 bridgehead atoms. The van der Waals surface area contributed by atoms with Gasteiger partial charge < -0.3 is 0 Å². The van der Waals surface area contributed by atoms with Crippen LogP contribution >= 0.6 is 11.6 Å². The van der Waals surface area contributed by atoms with Crippen LogP contribution in [0.1, 0.15) is 31.4 Å². The number of hydrogen-bond donors (Lipinski definition) is 1. The average Bonchev–Trinajstić information content (AvgIpc) is 2.27. The molecule has 3 nitrogen and oxygen atoms in total. The van der Waals surface area contributed by atoms with E-state index in [0.717, 1.165) is 11.1 Å². The van der Waals surface area contributed by atoms with Gasteiger partial charge in [0, 0.05) is 11.4 Å². The monoisotopic (exact) mass is 301 g/mol. The maximum absolute atomic E-state index is 12.4. The molecule has 1 fully saturated rings. The Bertz CT molecular complexity index is 595. The normalized spacial score (nSPS) is 25.9. The number of benzene rings is 1. The molecule has 1 N–H and O–H groups in total. The van der Waals surface area contributed by atoms with Crippen molar-refractivity contribution in [2.45, 2.75) is 50.4 Å². The van der Waals surface area contributed by atoms with Crippen molar-refractivity contribution in [3.05, 3.63) is 29.3 Å². The van der Waals surface area contributed by atoms with E-state index in [4.69, 9.17) is 11.6 Å². The van der Waals surface area contributed by atoms with Gasteiger partial charge in [-0.15, -0.1) is 11.6 Å². The molecule has 0 heterocycles. The van der Waals surface area contributed by atoms with E-state index in [1.165, 1.54) is 0 Å². The SMILES string of the molecule is Cc1ccc(S(=O)(=O)NC2CC(Cl)C2(C)C)c(C)c1. The van der Waals surface area contributed by atoms with E-state index in [-0.39, 0.29) is 16.8 Å². The number of nitrogens with one attached hydrogen (secondary N) is 1. The Morgan fingerprint density at radius 2 is 1.95 bits per heavy atom. The minimum Gasteiger partial charge on any atom is -0.207 e. The van der Waals surface area contributed by atoms with Crippen molar-refractivity contribution in [2.75, 3.05) is 0 Å². The quantitative estimate of drug-likeness (QED) is 0.872. The highest BCUT2D eigenvalue weighted by atomic mass is 35.5. The van der Waals surface area contributed by atoms with Crippen LogP contribution in [-0.4, -0.2) is 19.8 Å². The van der Waals surface area contributed by atoms with Gasteiger partial charge in [-0.3, -0.25) is 0 Å². The molecular weight excluding hydrogens is 282 g/mol. The lowest BCUT2D eigenvalue weighted by Crippen LogP contribution is -2.59. The van der Waals surface area contributed by atoms with Crippen molar-refractivity contribution in [3.8, 4) is 0 Å². The van der Waals surface area contributed by atoms with Crippen molar-refractivity contribution in [2.24, 2.45) is 5.41 Å². The number of halogens is 1. The zero-order valence-corrected chi connectivity index (χ0v) is 13.3. The van der Waals surface area contributed by atoms with E-state index in [9.17, 15) is 8.42 Å². The number of aryl methyl sites for hydroxylation is 2. The Balaban J connectivity index is 2.25. The highest BCUT2D eigenvalue weighted by Crippen LogP contribution is 2.44. The predicted octanol–water partition coefficient (Wildman–Crippen LogP) is 2.99. The summed E-state index contributed by atoms with van der Waals surface area (Å²) >= 11 is 6.13. The Labute approximate surface area is 120 Å². The summed E-state index contributed by atoms with van der Waals surface area (Å²) in [6.45, 7) is 7.74. The van der Waals surface area contributed by atoms with Gasteiger partial charge >= 0.3 is 0 Å². The number of sulfonamides is 1. The van der Waals surface area contributed by atoms with Gasteiger partial charge in [-0.25, -0.2) is 13.1 Å². The fourth-order valence-electron chi connectivity index (χ4n) is 2.42. The molecular formula is C14H20ClNO2S. The zero-order chi connectivity index (χ0) is 14.4. The average molecular weight is 302 g/mol. The molecule has 0 saturated heterocycles. The van der Waals surface area contributed by atoms with Crippen LogP contribution in [0.4, 0.5) is 0 Å². The molecule has 1 aliphatic rings. The van der Waals surface area contributed by atoms with Gasteiger partial charge in [-0.1, -0.05) is 31.5 Å². The molecule has 0 amide bonds. The van der Waals surface area contributed by atoms with Crippen LogP contribution in [0.25, 0.3) is 0 Å². The minimum absolute atomic E-state index is 0.0271. The summed E-state index contributed by atoms with van der Waals surface area (Å²) in [6.07, 6.45) is 0.679. The molecule has 106 valence electrons. The lowest BCUT2D eigenvalue weighted by Gasteiger charge is -2.49. The van der Waals surface area contributed by atoms with Gasteiger partial charge in [0.1, 0.15) is 0 Å². The molecule has 2 unspecified atom stereocenters. The number of alkyl halides is 1. The molecule has 1 aromatic carbocycles. The molecule has 2 atom stereocenters. The Morgan fingerprint density at radius 3 is 2.42 bits per heavy atom. The minimum atomic E-state index is -3.47. The van der Waals surface area contributed by atoms with Crippen molar-refractivity contribution in [1.82, 2.24) is 4.72 Å². The lowest BCUT2D eigenvalue weighted by molar-refractivity contribution is 0.137. The summed E-state index contributed by atoms with van der Waals surface area (Å²) < 4.78 is 27.6. The van der Waals surface area contributed by atoms with Gasteiger partial charge in [0.25, 0.3) is 0 Å².